The van der Waals surface area contributed by atoms with Gasteiger partial charge in [-0.15, -0.1) is 5.10 Å². The van der Waals surface area contributed by atoms with Gasteiger partial charge in [0, 0.05) is 19.3 Å². The molecular weight excluding hydrogens is 323 g/mol. The molecular formula is C11H10Cl2N4O2S. The van der Waals surface area contributed by atoms with Crippen LogP contribution in [0.25, 0.3) is 0 Å². The van der Waals surface area contributed by atoms with Gasteiger partial charge in [-0.25, -0.2) is 13.1 Å². The monoisotopic (exact) mass is 332 g/mol. The molecule has 0 radical (unpaired) electrons. The fourth-order valence-corrected chi connectivity index (χ4v) is 4.66. The van der Waals surface area contributed by atoms with E-state index in [1.54, 1.807) is 23.1 Å². The molecule has 2 heterocycles. The molecule has 0 amide bonds. The summed E-state index contributed by atoms with van der Waals surface area (Å²) in [5.74, 6) is 0. The van der Waals surface area contributed by atoms with E-state index in [0.717, 1.165) is 0 Å². The van der Waals surface area contributed by atoms with Crippen molar-refractivity contribution in [1.29, 1.82) is 0 Å². The maximum absolute atomic E-state index is 12.5. The Kier molecular flexibility index (Phi) is 3.45. The Morgan fingerprint density at radius 3 is 2.40 bits per heavy atom. The molecule has 1 aromatic heterocycles. The second-order valence-corrected chi connectivity index (χ2v) is 7.10. The Bertz CT molecular complexity index is 707. The first kappa shape index (κ1) is 13.8. The van der Waals surface area contributed by atoms with Crippen LogP contribution in [-0.4, -0.2) is 40.8 Å². The van der Waals surface area contributed by atoms with Gasteiger partial charge >= 0.3 is 0 Å². The molecule has 0 bridgehead atoms. The van der Waals surface area contributed by atoms with Gasteiger partial charge in [-0.3, -0.25) is 0 Å². The van der Waals surface area contributed by atoms with E-state index < -0.39 is 10.0 Å². The lowest BCUT2D eigenvalue weighted by molar-refractivity contribution is 0.189. The Labute approximate surface area is 125 Å². The standard InChI is InChI=1S/C11H10Cl2N4O2S/c12-9-2-1-3-10(13)11(9)20(18,19)16-6-8(7-16)17-5-4-14-15-17/h1-5,8H,6-7H2. The van der Waals surface area contributed by atoms with Crippen LogP contribution in [0.3, 0.4) is 0 Å². The second-order valence-electron chi connectivity index (χ2n) is 4.41. The van der Waals surface area contributed by atoms with Crippen LogP contribution in [0, 0.1) is 0 Å². The smallest absolute Gasteiger partial charge is 0.246 e. The minimum Gasteiger partial charge on any atom is -0.247 e. The lowest BCUT2D eigenvalue weighted by Crippen LogP contribution is -2.50. The highest BCUT2D eigenvalue weighted by Gasteiger charge is 2.39. The molecule has 20 heavy (non-hydrogen) atoms. The third-order valence-corrected chi connectivity index (χ3v) is 5.95. The van der Waals surface area contributed by atoms with Crippen LogP contribution in [0.1, 0.15) is 6.04 Å². The molecule has 0 aliphatic carbocycles. The third-order valence-electron chi connectivity index (χ3n) is 3.16. The van der Waals surface area contributed by atoms with Crippen LogP contribution < -0.4 is 0 Å². The number of hydrogen-bond acceptors (Lipinski definition) is 4. The van der Waals surface area contributed by atoms with Gasteiger partial charge in [0.25, 0.3) is 0 Å². The predicted octanol–water partition coefficient (Wildman–Crippen LogP) is 1.83. The maximum atomic E-state index is 12.5. The lowest BCUT2D eigenvalue weighted by Gasteiger charge is -2.37. The highest BCUT2D eigenvalue weighted by Crippen LogP contribution is 2.35. The van der Waals surface area contributed by atoms with Crippen molar-refractivity contribution in [2.75, 3.05) is 13.1 Å². The van der Waals surface area contributed by atoms with Crippen LogP contribution in [0.15, 0.2) is 35.5 Å². The van der Waals surface area contributed by atoms with Crippen LogP contribution in [0.5, 0.6) is 0 Å². The molecule has 0 unspecified atom stereocenters. The summed E-state index contributed by atoms with van der Waals surface area (Å²) in [6.07, 6.45) is 3.26. The van der Waals surface area contributed by atoms with Crippen LogP contribution in [0.2, 0.25) is 10.0 Å². The largest absolute Gasteiger partial charge is 0.247 e. The average Bonchev–Trinajstić information content (AvgIpc) is 2.79. The fraction of sp³-hybridized carbons (Fsp3) is 0.273. The second kappa shape index (κ2) is 5.00. The molecule has 1 saturated heterocycles. The maximum Gasteiger partial charge on any atom is 0.246 e. The quantitative estimate of drug-likeness (QED) is 0.859. The molecule has 0 atom stereocenters. The molecule has 9 heteroatoms. The van der Waals surface area contributed by atoms with E-state index in [2.05, 4.69) is 10.3 Å². The number of sulfonamides is 1. The van der Waals surface area contributed by atoms with E-state index in [1.165, 1.54) is 16.4 Å². The summed E-state index contributed by atoms with van der Waals surface area (Å²) in [4.78, 5) is -0.0413. The van der Waals surface area contributed by atoms with Gasteiger partial charge in [0.1, 0.15) is 4.90 Å². The van der Waals surface area contributed by atoms with Crippen molar-refractivity contribution in [3.8, 4) is 0 Å². The summed E-state index contributed by atoms with van der Waals surface area (Å²) in [7, 11) is -3.68. The van der Waals surface area contributed by atoms with E-state index in [4.69, 9.17) is 23.2 Å². The SMILES string of the molecule is O=S(=O)(c1c(Cl)cccc1Cl)N1CC(n2ccnn2)C1. The number of aromatic nitrogens is 3. The van der Waals surface area contributed by atoms with Gasteiger partial charge in [-0.05, 0) is 12.1 Å². The first-order valence-corrected chi connectivity index (χ1v) is 7.99. The van der Waals surface area contributed by atoms with Gasteiger partial charge in [0.15, 0.2) is 0 Å². The fourth-order valence-electron chi connectivity index (χ4n) is 2.05. The van der Waals surface area contributed by atoms with E-state index in [9.17, 15) is 8.42 Å². The summed E-state index contributed by atoms with van der Waals surface area (Å²) < 4.78 is 27.9. The normalized spacial score (nSPS) is 17.1. The predicted molar refractivity (Wildman–Crippen MR) is 74.3 cm³/mol. The van der Waals surface area contributed by atoms with Crippen LogP contribution in [0.4, 0.5) is 0 Å². The molecule has 6 nitrogen and oxygen atoms in total. The van der Waals surface area contributed by atoms with Crippen molar-refractivity contribution >= 4 is 33.2 Å². The van der Waals surface area contributed by atoms with Gasteiger partial charge in [-0.1, -0.05) is 34.5 Å². The minimum absolute atomic E-state index is 0.00598. The van der Waals surface area contributed by atoms with Gasteiger partial charge in [-0.2, -0.15) is 4.31 Å². The summed E-state index contributed by atoms with van der Waals surface area (Å²) in [6, 6.07) is 4.62. The van der Waals surface area contributed by atoms with Crippen molar-refractivity contribution in [1.82, 2.24) is 19.3 Å². The molecule has 0 saturated carbocycles. The van der Waals surface area contributed by atoms with E-state index in [1.807, 2.05) is 0 Å². The van der Waals surface area contributed by atoms with Crippen LogP contribution in [-0.2, 0) is 10.0 Å². The summed E-state index contributed by atoms with van der Waals surface area (Å²) >= 11 is 11.9. The zero-order chi connectivity index (χ0) is 14.3. The number of hydrogen-bond donors (Lipinski definition) is 0. The average molecular weight is 333 g/mol. The van der Waals surface area contributed by atoms with Gasteiger partial charge in [0.2, 0.25) is 10.0 Å². The molecule has 106 valence electrons. The van der Waals surface area contributed by atoms with Crippen LogP contribution >= 0.6 is 23.2 Å². The Morgan fingerprint density at radius 1 is 1.20 bits per heavy atom. The van der Waals surface area contributed by atoms with Crippen molar-refractivity contribution in [3.05, 3.63) is 40.6 Å². The van der Waals surface area contributed by atoms with Gasteiger partial charge in [0.05, 0.1) is 22.3 Å². The minimum atomic E-state index is -3.68. The zero-order valence-electron chi connectivity index (χ0n) is 10.1. The first-order chi connectivity index (χ1) is 9.50. The number of halogens is 2. The zero-order valence-corrected chi connectivity index (χ0v) is 12.5. The summed E-state index contributed by atoms with van der Waals surface area (Å²) in [6.45, 7) is 0.653. The van der Waals surface area contributed by atoms with Crippen molar-refractivity contribution in [2.24, 2.45) is 0 Å². The molecule has 1 aliphatic rings. The molecule has 1 fully saturated rings. The Morgan fingerprint density at radius 2 is 1.85 bits per heavy atom. The van der Waals surface area contributed by atoms with Crippen molar-refractivity contribution in [3.63, 3.8) is 0 Å². The topological polar surface area (TPSA) is 68.1 Å². The van der Waals surface area contributed by atoms with Crippen molar-refractivity contribution in [2.45, 2.75) is 10.9 Å². The lowest BCUT2D eigenvalue weighted by atomic mass is 10.2. The molecule has 0 N–H and O–H groups in total. The van der Waals surface area contributed by atoms with E-state index >= 15 is 0 Å². The summed E-state index contributed by atoms with van der Waals surface area (Å²) in [5.41, 5.74) is 0. The van der Waals surface area contributed by atoms with Gasteiger partial charge < -0.3 is 0 Å². The number of rotatable bonds is 3. The Hall–Kier alpha value is -1.15. The number of benzene rings is 1. The molecule has 0 spiro atoms. The summed E-state index contributed by atoms with van der Waals surface area (Å²) in [5, 5.41) is 7.81. The molecule has 3 rings (SSSR count). The number of nitrogens with zero attached hydrogens (tertiary/aromatic N) is 4. The van der Waals surface area contributed by atoms with Crippen molar-refractivity contribution < 1.29 is 8.42 Å². The highest BCUT2D eigenvalue weighted by molar-refractivity contribution is 7.89. The molecule has 2 aromatic rings. The third kappa shape index (κ3) is 2.20. The highest BCUT2D eigenvalue weighted by atomic mass is 35.5. The molecule has 1 aromatic carbocycles. The Balaban J connectivity index is 1.85. The molecule has 1 aliphatic heterocycles. The van der Waals surface area contributed by atoms with E-state index in [-0.39, 0.29) is 21.0 Å². The van der Waals surface area contributed by atoms with E-state index in [0.29, 0.717) is 13.1 Å². The first-order valence-electron chi connectivity index (χ1n) is 5.80.